The molecule has 0 saturated carbocycles. The molecular formula is C6H9N3O. The first-order chi connectivity index (χ1) is 4.74. The number of nitrogens with two attached hydrogens (primary N) is 1. The summed E-state index contributed by atoms with van der Waals surface area (Å²) >= 11 is 0. The summed E-state index contributed by atoms with van der Waals surface area (Å²) in [5.41, 5.74) is 5.16. The Labute approximate surface area is 58.3 Å². The van der Waals surface area contributed by atoms with Crippen LogP contribution in [-0.2, 0) is 6.54 Å². The first-order valence-electron chi connectivity index (χ1n) is 3.06. The van der Waals surface area contributed by atoms with E-state index in [0.717, 1.165) is 0 Å². The Morgan fingerprint density at radius 1 is 1.80 bits per heavy atom. The fourth-order valence-corrected chi connectivity index (χ4v) is 0.677. The van der Waals surface area contributed by atoms with Crippen molar-refractivity contribution in [3.05, 3.63) is 22.7 Å². The van der Waals surface area contributed by atoms with Crippen LogP contribution in [0.5, 0.6) is 0 Å². The van der Waals surface area contributed by atoms with Gasteiger partial charge in [0, 0.05) is 12.6 Å². The summed E-state index contributed by atoms with van der Waals surface area (Å²) in [6, 6.07) is 1.31. The molecule has 0 saturated heterocycles. The molecule has 2 N–H and O–H groups in total. The molecule has 0 aliphatic rings. The van der Waals surface area contributed by atoms with E-state index in [1.807, 2.05) is 6.92 Å². The summed E-state index contributed by atoms with van der Waals surface area (Å²) in [6.07, 6.45) is 1.44. The van der Waals surface area contributed by atoms with E-state index in [-0.39, 0.29) is 11.4 Å². The molecule has 1 aromatic heterocycles. The molecule has 0 amide bonds. The van der Waals surface area contributed by atoms with Crippen molar-refractivity contribution in [3.8, 4) is 0 Å². The van der Waals surface area contributed by atoms with Gasteiger partial charge in [0.25, 0.3) is 5.56 Å². The molecule has 10 heavy (non-hydrogen) atoms. The Morgan fingerprint density at radius 3 is 3.00 bits per heavy atom. The highest BCUT2D eigenvalue weighted by Gasteiger charge is 1.91. The van der Waals surface area contributed by atoms with Crippen LogP contribution in [0, 0.1) is 0 Å². The second-order valence-corrected chi connectivity index (χ2v) is 1.94. The van der Waals surface area contributed by atoms with E-state index in [2.05, 4.69) is 4.98 Å². The van der Waals surface area contributed by atoms with Gasteiger partial charge in [-0.1, -0.05) is 0 Å². The second kappa shape index (κ2) is 2.51. The molecule has 1 rings (SSSR count). The third-order valence-corrected chi connectivity index (χ3v) is 1.24. The van der Waals surface area contributed by atoms with Crippen LogP contribution in [0.25, 0.3) is 0 Å². The van der Waals surface area contributed by atoms with E-state index in [1.165, 1.54) is 17.0 Å². The first-order valence-corrected chi connectivity index (χ1v) is 3.06. The van der Waals surface area contributed by atoms with E-state index in [1.54, 1.807) is 0 Å². The van der Waals surface area contributed by atoms with E-state index < -0.39 is 0 Å². The fourth-order valence-electron chi connectivity index (χ4n) is 0.677. The molecule has 0 atom stereocenters. The van der Waals surface area contributed by atoms with Crippen LogP contribution in [0.4, 0.5) is 5.82 Å². The Balaban J connectivity index is 3.20. The first kappa shape index (κ1) is 6.80. The number of hydrogen-bond donors (Lipinski definition) is 1. The maximum atomic E-state index is 10.9. The lowest BCUT2D eigenvalue weighted by molar-refractivity contribution is 0.708. The van der Waals surface area contributed by atoms with Gasteiger partial charge in [-0.3, -0.25) is 9.36 Å². The molecule has 0 fully saturated rings. The van der Waals surface area contributed by atoms with Crippen LogP contribution in [0.1, 0.15) is 6.92 Å². The summed E-state index contributed by atoms with van der Waals surface area (Å²) in [5.74, 6) is 0.273. The number of hydrogen-bond acceptors (Lipinski definition) is 3. The summed E-state index contributed by atoms with van der Waals surface area (Å²) in [5, 5.41) is 0. The van der Waals surface area contributed by atoms with Gasteiger partial charge in [-0.2, -0.15) is 0 Å². The fraction of sp³-hybridized carbons (Fsp3) is 0.333. The number of anilines is 1. The van der Waals surface area contributed by atoms with E-state index in [9.17, 15) is 4.79 Å². The van der Waals surface area contributed by atoms with Gasteiger partial charge < -0.3 is 5.73 Å². The molecule has 0 aliphatic heterocycles. The van der Waals surface area contributed by atoms with Gasteiger partial charge in [-0.15, -0.1) is 0 Å². The molecule has 0 unspecified atom stereocenters. The SMILES string of the molecule is CCn1cnc(N)cc1=O. The largest absolute Gasteiger partial charge is 0.383 e. The lowest BCUT2D eigenvalue weighted by Crippen LogP contribution is -2.18. The van der Waals surface area contributed by atoms with E-state index in [0.29, 0.717) is 6.54 Å². The minimum atomic E-state index is -0.102. The smallest absolute Gasteiger partial charge is 0.255 e. The van der Waals surface area contributed by atoms with Crippen LogP contribution < -0.4 is 11.3 Å². The lowest BCUT2D eigenvalue weighted by atomic mass is 10.5. The van der Waals surface area contributed by atoms with Crippen LogP contribution >= 0.6 is 0 Å². The van der Waals surface area contributed by atoms with E-state index >= 15 is 0 Å². The standard InChI is InChI=1S/C6H9N3O/c1-2-9-4-8-5(7)3-6(9)10/h3-4H,2,7H2,1H3. The highest BCUT2D eigenvalue weighted by atomic mass is 16.1. The van der Waals surface area contributed by atoms with Crippen molar-refractivity contribution in [1.82, 2.24) is 9.55 Å². The summed E-state index contributed by atoms with van der Waals surface area (Å²) in [7, 11) is 0. The van der Waals surface area contributed by atoms with Crippen molar-refractivity contribution in [2.45, 2.75) is 13.5 Å². The number of nitrogens with zero attached hydrogens (tertiary/aromatic N) is 2. The molecule has 4 nitrogen and oxygen atoms in total. The average Bonchev–Trinajstić information content (AvgIpc) is 1.88. The number of nitrogen functional groups attached to an aromatic ring is 1. The maximum Gasteiger partial charge on any atom is 0.255 e. The molecule has 0 aliphatic carbocycles. The summed E-state index contributed by atoms with van der Waals surface area (Å²) in [4.78, 5) is 14.7. The normalized spacial score (nSPS) is 9.70. The molecule has 1 aromatic rings. The molecule has 0 aromatic carbocycles. The lowest BCUT2D eigenvalue weighted by Gasteiger charge is -1.98. The zero-order valence-corrected chi connectivity index (χ0v) is 5.74. The molecule has 0 radical (unpaired) electrons. The molecule has 0 bridgehead atoms. The zero-order chi connectivity index (χ0) is 7.56. The number of aromatic nitrogens is 2. The molecule has 4 heteroatoms. The molecule has 0 spiro atoms. The molecular weight excluding hydrogens is 130 g/mol. The third-order valence-electron chi connectivity index (χ3n) is 1.24. The van der Waals surface area contributed by atoms with Gasteiger partial charge in [-0.25, -0.2) is 4.98 Å². The average molecular weight is 139 g/mol. The van der Waals surface area contributed by atoms with Crippen LogP contribution in [0.15, 0.2) is 17.2 Å². The van der Waals surface area contributed by atoms with Crippen molar-refractivity contribution >= 4 is 5.82 Å². The number of aryl methyl sites for hydroxylation is 1. The Morgan fingerprint density at radius 2 is 2.50 bits per heavy atom. The van der Waals surface area contributed by atoms with Crippen LogP contribution in [0.2, 0.25) is 0 Å². The summed E-state index contributed by atoms with van der Waals surface area (Å²) < 4.78 is 1.48. The maximum absolute atomic E-state index is 10.9. The quantitative estimate of drug-likeness (QED) is 0.588. The van der Waals surface area contributed by atoms with Crippen molar-refractivity contribution in [1.29, 1.82) is 0 Å². The summed E-state index contributed by atoms with van der Waals surface area (Å²) in [6.45, 7) is 2.51. The predicted octanol–water partition coefficient (Wildman–Crippen LogP) is -0.155. The Hall–Kier alpha value is -1.32. The number of rotatable bonds is 1. The van der Waals surface area contributed by atoms with Gasteiger partial charge in [0.2, 0.25) is 0 Å². The topological polar surface area (TPSA) is 60.9 Å². The minimum absolute atomic E-state index is 0.102. The van der Waals surface area contributed by atoms with Crippen molar-refractivity contribution in [3.63, 3.8) is 0 Å². The highest BCUT2D eigenvalue weighted by Crippen LogP contribution is 1.86. The predicted molar refractivity (Wildman–Crippen MR) is 38.6 cm³/mol. The molecule has 1 heterocycles. The van der Waals surface area contributed by atoms with E-state index in [4.69, 9.17) is 5.73 Å². The van der Waals surface area contributed by atoms with Crippen molar-refractivity contribution in [2.24, 2.45) is 0 Å². The Bertz CT molecular complexity index is 279. The second-order valence-electron chi connectivity index (χ2n) is 1.94. The van der Waals surface area contributed by atoms with Crippen LogP contribution in [0.3, 0.4) is 0 Å². The third kappa shape index (κ3) is 1.15. The monoisotopic (exact) mass is 139 g/mol. The van der Waals surface area contributed by atoms with Gasteiger partial charge in [0.15, 0.2) is 0 Å². The van der Waals surface area contributed by atoms with Gasteiger partial charge in [-0.05, 0) is 6.92 Å². The Kier molecular flexibility index (Phi) is 1.71. The van der Waals surface area contributed by atoms with Crippen molar-refractivity contribution in [2.75, 3.05) is 5.73 Å². The van der Waals surface area contributed by atoms with Crippen molar-refractivity contribution < 1.29 is 0 Å². The highest BCUT2D eigenvalue weighted by molar-refractivity contribution is 5.23. The van der Waals surface area contributed by atoms with Gasteiger partial charge in [0.1, 0.15) is 5.82 Å². The van der Waals surface area contributed by atoms with Gasteiger partial charge >= 0.3 is 0 Å². The van der Waals surface area contributed by atoms with Crippen LogP contribution in [-0.4, -0.2) is 9.55 Å². The minimum Gasteiger partial charge on any atom is -0.383 e. The zero-order valence-electron chi connectivity index (χ0n) is 5.74. The molecule has 54 valence electrons. The van der Waals surface area contributed by atoms with Gasteiger partial charge in [0.05, 0.1) is 6.33 Å².